The molecule has 3 aromatic carbocycles. The number of methoxy groups -OCH3 is 1. The minimum absolute atomic E-state index is 0.0301. The van der Waals surface area contributed by atoms with Crippen molar-refractivity contribution in [2.45, 2.75) is 32.2 Å². The Kier molecular flexibility index (Phi) is 7.79. The number of hydrogen-bond donors (Lipinski definition) is 1. The quantitative estimate of drug-likeness (QED) is 0.480. The molecule has 0 saturated heterocycles. The zero-order chi connectivity index (χ0) is 24.2. The number of anilines is 1. The van der Waals surface area contributed by atoms with Gasteiger partial charge in [0.2, 0.25) is 15.9 Å². The molecule has 1 N–H and O–H groups in total. The van der Waals surface area contributed by atoms with Crippen molar-refractivity contribution in [3.05, 3.63) is 87.9 Å². The number of rotatable bonds is 8. The molecule has 0 unspecified atom stereocenters. The number of hydrogen-bond acceptors (Lipinski definition) is 4. The Hall–Kier alpha value is -2.87. The van der Waals surface area contributed by atoms with Crippen LogP contribution in [0.5, 0.6) is 5.75 Å². The van der Waals surface area contributed by atoms with Gasteiger partial charge in [-0.1, -0.05) is 41.4 Å². The number of halogens is 1. The predicted molar refractivity (Wildman–Crippen MR) is 131 cm³/mol. The Bertz CT molecular complexity index is 1220. The van der Waals surface area contributed by atoms with Gasteiger partial charge in [0.15, 0.2) is 0 Å². The van der Waals surface area contributed by atoms with E-state index < -0.39 is 15.9 Å². The van der Waals surface area contributed by atoms with E-state index in [1.54, 1.807) is 69.5 Å². The van der Waals surface area contributed by atoms with Gasteiger partial charge in [0, 0.05) is 17.3 Å². The monoisotopic (exact) mass is 486 g/mol. The summed E-state index contributed by atoms with van der Waals surface area (Å²) in [6.07, 6.45) is 0. The summed E-state index contributed by atoms with van der Waals surface area (Å²) in [7, 11) is -2.41. The van der Waals surface area contributed by atoms with Crippen molar-refractivity contribution >= 4 is 33.2 Å². The van der Waals surface area contributed by atoms with Crippen LogP contribution in [0, 0.1) is 20.8 Å². The van der Waals surface area contributed by atoms with Gasteiger partial charge in [-0.2, -0.15) is 4.31 Å². The van der Waals surface area contributed by atoms with Gasteiger partial charge in [-0.3, -0.25) is 4.79 Å². The highest BCUT2D eigenvalue weighted by Crippen LogP contribution is 2.27. The second-order valence-corrected chi connectivity index (χ2v) is 10.2. The van der Waals surface area contributed by atoms with Crippen molar-refractivity contribution < 1.29 is 17.9 Å². The van der Waals surface area contributed by atoms with E-state index in [9.17, 15) is 13.2 Å². The topological polar surface area (TPSA) is 75.7 Å². The fourth-order valence-electron chi connectivity index (χ4n) is 3.76. The third-order valence-corrected chi connectivity index (χ3v) is 7.52. The molecule has 0 radical (unpaired) electrons. The second-order valence-electron chi connectivity index (χ2n) is 7.90. The molecule has 3 rings (SSSR count). The number of nitrogens with one attached hydrogen (secondary N) is 1. The van der Waals surface area contributed by atoms with Crippen LogP contribution in [0.25, 0.3) is 0 Å². The third kappa shape index (κ3) is 6.13. The van der Waals surface area contributed by atoms with Gasteiger partial charge in [0.1, 0.15) is 5.75 Å². The minimum atomic E-state index is -3.97. The number of carbonyl (C=O) groups is 1. The molecule has 0 atom stereocenters. The average molecular weight is 487 g/mol. The van der Waals surface area contributed by atoms with Gasteiger partial charge in [0.25, 0.3) is 0 Å². The van der Waals surface area contributed by atoms with Crippen molar-refractivity contribution in [3.8, 4) is 5.75 Å². The van der Waals surface area contributed by atoms with Crippen molar-refractivity contribution in [1.82, 2.24) is 4.31 Å². The summed E-state index contributed by atoms with van der Waals surface area (Å²) in [6, 6.07) is 17.4. The molecule has 0 aromatic heterocycles. The Labute approximate surface area is 200 Å². The summed E-state index contributed by atoms with van der Waals surface area (Å²) in [5, 5.41) is 3.31. The molecular formula is C25H27ClN2O4S. The summed E-state index contributed by atoms with van der Waals surface area (Å²) < 4.78 is 33.8. The van der Waals surface area contributed by atoms with E-state index in [1.807, 2.05) is 19.1 Å². The zero-order valence-electron chi connectivity index (χ0n) is 19.1. The van der Waals surface area contributed by atoms with Crippen LogP contribution in [-0.2, 0) is 21.4 Å². The highest BCUT2D eigenvalue weighted by atomic mass is 35.5. The van der Waals surface area contributed by atoms with Crippen molar-refractivity contribution in [1.29, 1.82) is 0 Å². The second kappa shape index (κ2) is 10.4. The van der Waals surface area contributed by atoms with Crippen LogP contribution in [0.1, 0.15) is 22.3 Å². The van der Waals surface area contributed by atoms with Gasteiger partial charge in [-0.05, 0) is 73.9 Å². The maximum absolute atomic E-state index is 13.7. The first-order valence-corrected chi connectivity index (χ1v) is 12.2. The van der Waals surface area contributed by atoms with E-state index in [0.29, 0.717) is 27.6 Å². The lowest BCUT2D eigenvalue weighted by atomic mass is 10.1. The van der Waals surface area contributed by atoms with Crippen LogP contribution in [0.15, 0.2) is 65.6 Å². The molecule has 8 heteroatoms. The highest BCUT2D eigenvalue weighted by Gasteiger charge is 2.30. The van der Waals surface area contributed by atoms with Crippen molar-refractivity contribution in [2.24, 2.45) is 0 Å². The van der Waals surface area contributed by atoms with E-state index in [2.05, 4.69) is 5.32 Å². The van der Waals surface area contributed by atoms with Crippen LogP contribution in [0.2, 0.25) is 5.02 Å². The smallest absolute Gasteiger partial charge is 0.244 e. The molecule has 0 bridgehead atoms. The van der Waals surface area contributed by atoms with Crippen LogP contribution < -0.4 is 10.1 Å². The summed E-state index contributed by atoms with van der Waals surface area (Å²) >= 11 is 5.98. The minimum Gasteiger partial charge on any atom is -0.497 e. The van der Waals surface area contributed by atoms with Gasteiger partial charge in [-0.15, -0.1) is 0 Å². The van der Waals surface area contributed by atoms with E-state index in [0.717, 1.165) is 11.1 Å². The summed E-state index contributed by atoms with van der Waals surface area (Å²) in [4.78, 5) is 13.1. The molecule has 1 amide bonds. The maximum atomic E-state index is 13.7. The lowest BCUT2D eigenvalue weighted by molar-refractivity contribution is -0.116. The maximum Gasteiger partial charge on any atom is 0.244 e. The van der Waals surface area contributed by atoms with Gasteiger partial charge in [-0.25, -0.2) is 8.42 Å². The largest absolute Gasteiger partial charge is 0.497 e. The number of aryl methyl sites for hydroxylation is 3. The van der Waals surface area contributed by atoms with E-state index >= 15 is 0 Å². The molecule has 174 valence electrons. The van der Waals surface area contributed by atoms with Crippen LogP contribution >= 0.6 is 11.6 Å². The Morgan fingerprint density at radius 2 is 1.55 bits per heavy atom. The van der Waals surface area contributed by atoms with E-state index in [4.69, 9.17) is 16.3 Å². The normalized spacial score (nSPS) is 11.5. The third-order valence-electron chi connectivity index (χ3n) is 5.17. The number of carbonyl (C=O) groups excluding carboxylic acids is 1. The highest BCUT2D eigenvalue weighted by molar-refractivity contribution is 7.89. The molecular weight excluding hydrogens is 460 g/mol. The molecule has 0 aliphatic carbocycles. The molecule has 0 aliphatic rings. The average Bonchev–Trinajstić information content (AvgIpc) is 2.74. The first-order chi connectivity index (χ1) is 15.6. The molecule has 3 aromatic rings. The first kappa shape index (κ1) is 24.8. The summed E-state index contributed by atoms with van der Waals surface area (Å²) in [5.41, 5.74) is 3.54. The Morgan fingerprint density at radius 1 is 0.970 bits per heavy atom. The number of sulfonamides is 1. The predicted octanol–water partition coefficient (Wildman–Crippen LogP) is 5.10. The fourth-order valence-corrected chi connectivity index (χ4v) is 5.68. The Morgan fingerprint density at radius 3 is 2.09 bits per heavy atom. The molecule has 6 nitrogen and oxygen atoms in total. The van der Waals surface area contributed by atoms with Gasteiger partial charge in [0.05, 0.1) is 18.6 Å². The van der Waals surface area contributed by atoms with Crippen LogP contribution in [0.3, 0.4) is 0 Å². The fraction of sp³-hybridized carbons (Fsp3) is 0.240. The zero-order valence-corrected chi connectivity index (χ0v) is 20.6. The number of benzene rings is 3. The molecule has 0 heterocycles. The molecule has 0 saturated carbocycles. The van der Waals surface area contributed by atoms with Gasteiger partial charge >= 0.3 is 0 Å². The summed E-state index contributed by atoms with van der Waals surface area (Å²) in [5.74, 6) is 0.213. The summed E-state index contributed by atoms with van der Waals surface area (Å²) in [6.45, 7) is 5.14. The lowest BCUT2D eigenvalue weighted by Gasteiger charge is -2.24. The van der Waals surface area contributed by atoms with Gasteiger partial charge < -0.3 is 10.1 Å². The molecule has 0 fully saturated rings. The Balaban J connectivity index is 1.93. The van der Waals surface area contributed by atoms with Crippen LogP contribution in [-0.4, -0.2) is 32.3 Å². The number of nitrogens with zero attached hydrogens (tertiary/aromatic N) is 1. The van der Waals surface area contributed by atoms with Crippen molar-refractivity contribution in [3.63, 3.8) is 0 Å². The molecule has 33 heavy (non-hydrogen) atoms. The number of amides is 1. The first-order valence-electron chi connectivity index (χ1n) is 10.4. The number of ether oxygens (including phenoxy) is 1. The SMILES string of the molecule is COc1ccc(NC(=O)CN(Cc2ccc(Cl)cc2)S(=O)(=O)c2c(C)cc(C)cc2C)cc1. The van der Waals surface area contributed by atoms with E-state index in [-0.39, 0.29) is 18.0 Å². The van der Waals surface area contributed by atoms with E-state index in [1.165, 1.54) is 4.31 Å². The lowest BCUT2D eigenvalue weighted by Crippen LogP contribution is -2.38. The van der Waals surface area contributed by atoms with Crippen LogP contribution in [0.4, 0.5) is 5.69 Å². The molecule has 0 spiro atoms. The standard InChI is InChI=1S/C25H27ClN2O4S/c1-17-13-18(2)25(19(3)14-17)33(30,31)28(15-20-5-7-21(26)8-6-20)16-24(29)27-22-9-11-23(32-4)12-10-22/h5-14H,15-16H2,1-4H3,(H,27,29). The molecule has 0 aliphatic heterocycles. The van der Waals surface area contributed by atoms with Crippen molar-refractivity contribution in [2.75, 3.05) is 19.0 Å².